The SMILES string of the molecule is COC1[C@H](C)CC2(Cc3ccc(Br)cc3C2=O)C[C@H]1C. The van der Waals surface area contributed by atoms with E-state index in [2.05, 4.69) is 35.8 Å². The van der Waals surface area contributed by atoms with Crippen molar-refractivity contribution in [3.63, 3.8) is 0 Å². The van der Waals surface area contributed by atoms with Crippen molar-refractivity contribution in [1.29, 1.82) is 0 Å². The van der Waals surface area contributed by atoms with E-state index in [-0.39, 0.29) is 11.5 Å². The van der Waals surface area contributed by atoms with Gasteiger partial charge in [-0.3, -0.25) is 4.79 Å². The van der Waals surface area contributed by atoms with Gasteiger partial charge in [0.15, 0.2) is 5.78 Å². The maximum atomic E-state index is 13.0. The first-order chi connectivity index (χ1) is 9.47. The Morgan fingerprint density at radius 1 is 1.25 bits per heavy atom. The highest BCUT2D eigenvalue weighted by Gasteiger charge is 2.51. The van der Waals surface area contributed by atoms with E-state index in [1.807, 2.05) is 12.1 Å². The smallest absolute Gasteiger partial charge is 0.169 e. The minimum atomic E-state index is -0.184. The van der Waals surface area contributed by atoms with Crippen molar-refractivity contribution in [2.75, 3.05) is 7.11 Å². The molecule has 3 heteroatoms. The van der Waals surface area contributed by atoms with Crippen LogP contribution in [0.4, 0.5) is 0 Å². The molecule has 0 aliphatic heterocycles. The summed E-state index contributed by atoms with van der Waals surface area (Å²) in [5, 5.41) is 0. The molecule has 2 atom stereocenters. The van der Waals surface area contributed by atoms with E-state index < -0.39 is 0 Å². The molecule has 108 valence electrons. The van der Waals surface area contributed by atoms with Crippen LogP contribution in [0.1, 0.15) is 42.6 Å². The van der Waals surface area contributed by atoms with E-state index in [0.29, 0.717) is 17.6 Å². The number of methoxy groups -OCH3 is 1. The van der Waals surface area contributed by atoms with Gasteiger partial charge in [0.25, 0.3) is 0 Å². The largest absolute Gasteiger partial charge is 0.381 e. The highest BCUT2D eigenvalue weighted by molar-refractivity contribution is 9.10. The number of rotatable bonds is 1. The lowest BCUT2D eigenvalue weighted by atomic mass is 9.63. The number of hydrogen-bond donors (Lipinski definition) is 0. The molecular weight excluding hydrogens is 316 g/mol. The topological polar surface area (TPSA) is 26.3 Å². The zero-order chi connectivity index (χ0) is 14.5. The Morgan fingerprint density at radius 3 is 2.50 bits per heavy atom. The molecule has 0 bridgehead atoms. The second kappa shape index (κ2) is 4.96. The van der Waals surface area contributed by atoms with E-state index in [1.54, 1.807) is 7.11 Å². The molecule has 1 saturated carbocycles. The van der Waals surface area contributed by atoms with E-state index in [4.69, 9.17) is 4.74 Å². The van der Waals surface area contributed by atoms with Crippen LogP contribution >= 0.6 is 15.9 Å². The zero-order valence-electron chi connectivity index (χ0n) is 12.3. The van der Waals surface area contributed by atoms with Crippen LogP contribution < -0.4 is 0 Å². The number of halogens is 1. The third-order valence-electron chi connectivity index (χ3n) is 5.15. The Kier molecular flexibility index (Phi) is 3.54. The van der Waals surface area contributed by atoms with Gasteiger partial charge in [-0.1, -0.05) is 35.8 Å². The second-order valence-electron chi connectivity index (χ2n) is 6.65. The molecule has 1 aromatic carbocycles. The van der Waals surface area contributed by atoms with Crippen molar-refractivity contribution in [2.45, 2.75) is 39.2 Å². The molecule has 2 aliphatic carbocycles. The lowest BCUT2D eigenvalue weighted by Crippen LogP contribution is -2.44. The predicted molar refractivity (Wildman–Crippen MR) is 83.0 cm³/mol. The molecule has 1 aromatic rings. The monoisotopic (exact) mass is 336 g/mol. The molecule has 0 heterocycles. The average molecular weight is 337 g/mol. The Morgan fingerprint density at radius 2 is 1.90 bits per heavy atom. The summed E-state index contributed by atoms with van der Waals surface area (Å²) in [5.41, 5.74) is 1.96. The van der Waals surface area contributed by atoms with Gasteiger partial charge in [-0.05, 0) is 48.8 Å². The second-order valence-corrected chi connectivity index (χ2v) is 7.57. The molecule has 0 unspecified atom stereocenters. The number of Topliss-reactive ketones (excluding diaryl/α,β-unsaturated/α-hetero) is 1. The first kappa shape index (κ1) is 14.3. The maximum absolute atomic E-state index is 13.0. The van der Waals surface area contributed by atoms with Crippen LogP contribution in [-0.4, -0.2) is 19.0 Å². The molecule has 0 amide bonds. The van der Waals surface area contributed by atoms with Crippen molar-refractivity contribution >= 4 is 21.7 Å². The summed E-state index contributed by atoms with van der Waals surface area (Å²) in [6.45, 7) is 4.44. The molecule has 0 aromatic heterocycles. The molecule has 1 fully saturated rings. The van der Waals surface area contributed by atoms with Crippen LogP contribution in [0.15, 0.2) is 22.7 Å². The standard InChI is InChI=1S/C17H21BrO2/c1-10-7-17(8-11(2)15(10)20-3)9-12-4-5-13(18)6-14(12)16(17)19/h4-6,10-11,15H,7-9H2,1-3H3/t10-,11-,15?,17?/m1/s1. The lowest BCUT2D eigenvalue weighted by Gasteiger charge is -2.43. The third kappa shape index (κ3) is 2.06. The summed E-state index contributed by atoms with van der Waals surface area (Å²) in [7, 11) is 1.79. The Bertz CT molecular complexity index is 540. The fourth-order valence-electron chi connectivity index (χ4n) is 4.55. The van der Waals surface area contributed by atoms with Crippen LogP contribution in [0.25, 0.3) is 0 Å². The first-order valence-electron chi connectivity index (χ1n) is 7.33. The highest BCUT2D eigenvalue weighted by Crippen LogP contribution is 2.51. The van der Waals surface area contributed by atoms with Gasteiger partial charge in [-0.25, -0.2) is 0 Å². The van der Waals surface area contributed by atoms with E-state index in [1.165, 1.54) is 5.56 Å². The Labute approximate surface area is 129 Å². The van der Waals surface area contributed by atoms with E-state index >= 15 is 0 Å². The molecular formula is C17H21BrO2. The summed E-state index contributed by atoms with van der Waals surface area (Å²) in [4.78, 5) is 13.0. The number of fused-ring (bicyclic) bond motifs is 1. The number of ketones is 1. The number of benzene rings is 1. The molecule has 0 N–H and O–H groups in total. The fourth-order valence-corrected chi connectivity index (χ4v) is 4.91. The minimum Gasteiger partial charge on any atom is -0.381 e. The molecule has 1 spiro atoms. The van der Waals surface area contributed by atoms with Crippen molar-refractivity contribution < 1.29 is 9.53 Å². The summed E-state index contributed by atoms with van der Waals surface area (Å²) in [6, 6.07) is 6.13. The fraction of sp³-hybridized carbons (Fsp3) is 0.588. The molecule has 0 saturated heterocycles. The zero-order valence-corrected chi connectivity index (χ0v) is 13.9. The molecule has 2 nitrogen and oxygen atoms in total. The van der Waals surface area contributed by atoms with Crippen LogP contribution in [-0.2, 0) is 11.2 Å². The van der Waals surface area contributed by atoms with Crippen molar-refractivity contribution in [3.05, 3.63) is 33.8 Å². The molecule has 2 aliphatic rings. The first-order valence-corrected chi connectivity index (χ1v) is 8.12. The lowest BCUT2D eigenvalue weighted by molar-refractivity contribution is -0.0426. The van der Waals surface area contributed by atoms with Gasteiger partial charge in [-0.15, -0.1) is 0 Å². The quantitative estimate of drug-likeness (QED) is 0.766. The third-order valence-corrected chi connectivity index (χ3v) is 5.64. The number of carbonyl (C=O) groups is 1. The van der Waals surface area contributed by atoms with Crippen molar-refractivity contribution in [1.82, 2.24) is 0 Å². The normalized spacial score (nSPS) is 36.4. The van der Waals surface area contributed by atoms with Gasteiger partial charge >= 0.3 is 0 Å². The van der Waals surface area contributed by atoms with Gasteiger partial charge in [0, 0.05) is 22.6 Å². The number of hydrogen-bond acceptors (Lipinski definition) is 2. The van der Waals surface area contributed by atoms with Crippen LogP contribution in [0, 0.1) is 17.3 Å². The van der Waals surface area contributed by atoms with Gasteiger partial charge in [0.1, 0.15) is 0 Å². The number of ether oxygens (including phenoxy) is 1. The summed E-state index contributed by atoms with van der Waals surface area (Å²) >= 11 is 3.48. The van der Waals surface area contributed by atoms with Crippen molar-refractivity contribution in [3.8, 4) is 0 Å². The predicted octanol–water partition coefficient (Wildman–Crippen LogP) is 4.26. The molecule has 20 heavy (non-hydrogen) atoms. The minimum absolute atomic E-state index is 0.184. The maximum Gasteiger partial charge on any atom is 0.169 e. The Balaban J connectivity index is 1.95. The van der Waals surface area contributed by atoms with Crippen LogP contribution in [0.2, 0.25) is 0 Å². The molecule has 0 radical (unpaired) electrons. The van der Waals surface area contributed by atoms with Gasteiger partial charge in [0.2, 0.25) is 0 Å². The van der Waals surface area contributed by atoms with Gasteiger partial charge in [-0.2, -0.15) is 0 Å². The summed E-state index contributed by atoms with van der Waals surface area (Å²) in [5.74, 6) is 1.22. The van der Waals surface area contributed by atoms with E-state index in [9.17, 15) is 4.79 Å². The van der Waals surface area contributed by atoms with Crippen molar-refractivity contribution in [2.24, 2.45) is 17.3 Å². The average Bonchev–Trinajstić information content (AvgIpc) is 2.63. The number of carbonyl (C=O) groups excluding carboxylic acids is 1. The van der Waals surface area contributed by atoms with Gasteiger partial charge < -0.3 is 4.74 Å². The van der Waals surface area contributed by atoms with Crippen LogP contribution in [0.5, 0.6) is 0 Å². The highest BCUT2D eigenvalue weighted by atomic mass is 79.9. The van der Waals surface area contributed by atoms with Gasteiger partial charge in [0.05, 0.1) is 6.10 Å². The van der Waals surface area contributed by atoms with E-state index in [0.717, 1.165) is 29.3 Å². The van der Waals surface area contributed by atoms with Crippen LogP contribution in [0.3, 0.4) is 0 Å². The summed E-state index contributed by atoms with van der Waals surface area (Å²) < 4.78 is 6.62. The molecule has 3 rings (SSSR count). The summed E-state index contributed by atoms with van der Waals surface area (Å²) in [6.07, 6.45) is 3.07. The Hall–Kier alpha value is -0.670.